The Kier molecular flexibility index (Phi) is 5.43. The van der Waals surface area contributed by atoms with Crippen LogP contribution in [0.3, 0.4) is 0 Å². The van der Waals surface area contributed by atoms with Gasteiger partial charge in [0.2, 0.25) is 0 Å². The second-order valence-corrected chi connectivity index (χ2v) is 14.2. The summed E-state index contributed by atoms with van der Waals surface area (Å²) in [6, 6.07) is 0. The molecule has 0 saturated heterocycles. The van der Waals surface area contributed by atoms with Crippen molar-refractivity contribution in [1.82, 2.24) is 0 Å². The molecule has 18 heavy (non-hydrogen) atoms. The Morgan fingerprint density at radius 3 is 1.44 bits per heavy atom. The molecule has 0 bridgehead atoms. The first-order chi connectivity index (χ1) is 8.46. The van der Waals surface area contributed by atoms with Crippen LogP contribution in [0.4, 0.5) is 0 Å². The van der Waals surface area contributed by atoms with E-state index in [2.05, 4.69) is 0 Å². The van der Waals surface area contributed by atoms with Gasteiger partial charge in [-0.3, -0.25) is 0 Å². The molecule has 0 aromatic heterocycles. The van der Waals surface area contributed by atoms with Gasteiger partial charge in [0, 0.05) is 0 Å². The third-order valence-corrected chi connectivity index (χ3v) is 17.8. The summed E-state index contributed by atoms with van der Waals surface area (Å²) in [5, 5.41) is -0.355. The molecule has 0 amide bonds. The van der Waals surface area contributed by atoms with E-state index in [0.29, 0.717) is 0 Å². The van der Waals surface area contributed by atoms with E-state index in [1.54, 1.807) is 0 Å². The standard InChI is InChI=1S/C12H10Cl4Se2/c13-9-5-1-3-7-11(9,15)17-18-12(16)8-4-2-6-10(12)14/h1-10H. The van der Waals surface area contributed by atoms with Gasteiger partial charge in [-0.25, -0.2) is 0 Å². The van der Waals surface area contributed by atoms with Gasteiger partial charge in [0.25, 0.3) is 0 Å². The zero-order chi connectivity index (χ0) is 13.2. The van der Waals surface area contributed by atoms with E-state index >= 15 is 0 Å². The van der Waals surface area contributed by atoms with Gasteiger partial charge in [0.15, 0.2) is 0 Å². The SMILES string of the molecule is ClC1C=CC=CC1(Cl)[Se][Se]C1(Cl)C=CC=CC1Cl. The van der Waals surface area contributed by atoms with Gasteiger partial charge >= 0.3 is 140 Å². The van der Waals surface area contributed by atoms with Crippen LogP contribution in [0.15, 0.2) is 48.6 Å². The summed E-state index contributed by atoms with van der Waals surface area (Å²) < 4.78 is -0.979. The summed E-state index contributed by atoms with van der Waals surface area (Å²) in [6.45, 7) is 0. The normalized spacial score (nSPS) is 42.4. The molecule has 0 nitrogen and oxygen atoms in total. The predicted molar refractivity (Wildman–Crippen MR) is 84.5 cm³/mol. The monoisotopic (exact) mass is 454 g/mol. The third-order valence-electron chi connectivity index (χ3n) is 2.48. The summed E-state index contributed by atoms with van der Waals surface area (Å²) in [7, 11) is 0. The molecule has 2 rings (SSSR count). The van der Waals surface area contributed by atoms with Crippen LogP contribution < -0.4 is 0 Å². The molecule has 6 heteroatoms. The van der Waals surface area contributed by atoms with Crippen molar-refractivity contribution in [1.29, 1.82) is 0 Å². The Hall–Kier alpha value is 1.16. The second-order valence-electron chi connectivity index (χ2n) is 3.85. The molecule has 4 atom stereocenters. The molecule has 0 aliphatic heterocycles. The molecule has 98 valence electrons. The fourth-order valence-corrected chi connectivity index (χ4v) is 13.5. The van der Waals surface area contributed by atoms with E-state index in [4.69, 9.17) is 46.4 Å². The number of rotatable bonds is 3. The Morgan fingerprint density at radius 2 is 1.11 bits per heavy atom. The molecule has 2 aliphatic carbocycles. The van der Waals surface area contributed by atoms with Gasteiger partial charge in [0.1, 0.15) is 0 Å². The van der Waals surface area contributed by atoms with Gasteiger partial charge in [0.05, 0.1) is 0 Å². The van der Waals surface area contributed by atoms with Crippen molar-refractivity contribution >= 4 is 72.7 Å². The number of alkyl halides is 4. The fraction of sp³-hybridized carbons (Fsp3) is 0.333. The Bertz CT molecular complexity index is 392. The first-order valence-corrected chi connectivity index (χ1v) is 12.9. The quantitative estimate of drug-likeness (QED) is 0.452. The van der Waals surface area contributed by atoms with Crippen molar-refractivity contribution in [3.05, 3.63) is 48.6 Å². The van der Waals surface area contributed by atoms with E-state index in [0.717, 1.165) is 0 Å². The van der Waals surface area contributed by atoms with Crippen LogP contribution in [-0.4, -0.2) is 44.6 Å². The molecule has 0 aromatic carbocycles. The van der Waals surface area contributed by atoms with E-state index in [1.807, 2.05) is 48.6 Å². The molecular formula is C12H10Cl4Se2. The van der Waals surface area contributed by atoms with Crippen molar-refractivity contribution in [2.75, 3.05) is 0 Å². The second kappa shape index (κ2) is 6.29. The van der Waals surface area contributed by atoms with E-state index in [1.165, 1.54) is 0 Å². The van der Waals surface area contributed by atoms with Crippen LogP contribution in [0.2, 0.25) is 0 Å². The van der Waals surface area contributed by atoms with Gasteiger partial charge in [-0.2, -0.15) is 0 Å². The molecule has 0 fully saturated rings. The number of halogens is 4. The molecular weight excluding hydrogens is 444 g/mol. The maximum atomic E-state index is 6.58. The Balaban J connectivity index is 2.03. The minimum absolute atomic E-state index is 0.111. The summed E-state index contributed by atoms with van der Waals surface area (Å²) in [6.07, 6.45) is 15.5. The van der Waals surface area contributed by atoms with Gasteiger partial charge in [-0.15, -0.1) is 0 Å². The summed E-state index contributed by atoms with van der Waals surface area (Å²) in [5.74, 6) is 0. The summed E-state index contributed by atoms with van der Waals surface area (Å²) in [4.78, 5) is 0. The first kappa shape index (κ1) is 15.5. The summed E-state index contributed by atoms with van der Waals surface area (Å²) >= 11 is 25.9. The topological polar surface area (TPSA) is 0 Å². The van der Waals surface area contributed by atoms with Crippen LogP contribution in [0, 0.1) is 0 Å². The molecule has 0 saturated carbocycles. The van der Waals surface area contributed by atoms with Crippen molar-refractivity contribution in [3.8, 4) is 0 Å². The molecule has 0 radical (unpaired) electrons. The van der Waals surface area contributed by atoms with Gasteiger partial charge in [-0.1, -0.05) is 0 Å². The number of hydrogen-bond donors (Lipinski definition) is 0. The maximum absolute atomic E-state index is 6.58. The summed E-state index contributed by atoms with van der Waals surface area (Å²) in [5.41, 5.74) is 0. The predicted octanol–water partition coefficient (Wildman–Crippen LogP) is 3.65. The first-order valence-electron chi connectivity index (χ1n) is 5.21. The van der Waals surface area contributed by atoms with Gasteiger partial charge < -0.3 is 0 Å². The zero-order valence-electron chi connectivity index (χ0n) is 9.10. The van der Waals surface area contributed by atoms with Crippen LogP contribution in [0.25, 0.3) is 0 Å². The van der Waals surface area contributed by atoms with Crippen LogP contribution >= 0.6 is 46.4 Å². The van der Waals surface area contributed by atoms with Gasteiger partial charge in [-0.05, 0) is 0 Å². The molecule has 0 spiro atoms. The van der Waals surface area contributed by atoms with E-state index in [-0.39, 0.29) is 37.0 Å². The Labute approximate surface area is 138 Å². The van der Waals surface area contributed by atoms with Crippen molar-refractivity contribution < 1.29 is 0 Å². The molecule has 2 aliphatic rings. The van der Waals surface area contributed by atoms with Crippen LogP contribution in [0.1, 0.15) is 0 Å². The van der Waals surface area contributed by atoms with E-state index in [9.17, 15) is 0 Å². The molecule has 0 N–H and O–H groups in total. The van der Waals surface area contributed by atoms with Crippen molar-refractivity contribution in [2.24, 2.45) is 0 Å². The number of hydrogen-bond acceptors (Lipinski definition) is 0. The van der Waals surface area contributed by atoms with Crippen molar-refractivity contribution in [3.63, 3.8) is 0 Å². The van der Waals surface area contributed by atoms with Crippen molar-refractivity contribution in [2.45, 2.75) is 18.3 Å². The minimum atomic E-state index is -0.489. The van der Waals surface area contributed by atoms with Crippen LogP contribution in [-0.2, 0) is 0 Å². The number of allylic oxidation sites excluding steroid dienone is 8. The molecule has 4 unspecified atom stereocenters. The molecule has 0 aromatic rings. The zero-order valence-corrected chi connectivity index (χ0v) is 15.6. The fourth-order valence-electron chi connectivity index (χ4n) is 1.42. The molecule has 0 heterocycles. The average molecular weight is 454 g/mol. The van der Waals surface area contributed by atoms with E-state index < -0.39 is 7.55 Å². The average Bonchev–Trinajstić information content (AvgIpc) is 2.35. The van der Waals surface area contributed by atoms with Crippen LogP contribution in [0.5, 0.6) is 0 Å². The third kappa shape index (κ3) is 3.43. The Morgan fingerprint density at radius 1 is 0.722 bits per heavy atom.